The number of amides is 2. The summed E-state index contributed by atoms with van der Waals surface area (Å²) in [4.78, 5) is 14.7. The fourth-order valence-corrected chi connectivity index (χ4v) is 3.36. The van der Waals surface area contributed by atoms with E-state index in [1.54, 1.807) is 29.2 Å². The van der Waals surface area contributed by atoms with Crippen molar-refractivity contribution in [1.29, 1.82) is 0 Å². The molecular formula is C22H30N2O4S. The summed E-state index contributed by atoms with van der Waals surface area (Å²) >= 11 is 0. The maximum Gasteiger partial charge on any atom is 0.322 e. The van der Waals surface area contributed by atoms with E-state index >= 15 is 0 Å². The van der Waals surface area contributed by atoms with E-state index in [2.05, 4.69) is 5.32 Å². The van der Waals surface area contributed by atoms with Crippen LogP contribution in [-0.2, 0) is 16.7 Å². The van der Waals surface area contributed by atoms with Gasteiger partial charge in [-0.15, -0.1) is 0 Å². The Morgan fingerprint density at radius 1 is 1.10 bits per heavy atom. The summed E-state index contributed by atoms with van der Waals surface area (Å²) in [6.45, 7) is 9.97. The molecule has 158 valence electrons. The molecule has 0 aliphatic rings. The fraction of sp³-hybridized carbons (Fsp3) is 0.409. The zero-order valence-corrected chi connectivity index (χ0v) is 18.5. The van der Waals surface area contributed by atoms with Gasteiger partial charge in [0.1, 0.15) is 5.75 Å². The minimum absolute atomic E-state index is 0.0390. The van der Waals surface area contributed by atoms with Crippen LogP contribution in [0.2, 0.25) is 0 Å². The Kier molecular flexibility index (Phi) is 7.67. The molecule has 1 atom stereocenters. The molecule has 0 heterocycles. The molecule has 6 nitrogen and oxygen atoms in total. The number of nitrogens with one attached hydrogen (secondary N) is 1. The summed E-state index contributed by atoms with van der Waals surface area (Å²) in [6.07, 6.45) is 0.816. The van der Waals surface area contributed by atoms with Gasteiger partial charge >= 0.3 is 16.1 Å². The largest absolute Gasteiger partial charge is 0.382 e. The molecule has 1 N–H and O–H groups in total. The second-order valence-electron chi connectivity index (χ2n) is 7.21. The van der Waals surface area contributed by atoms with Gasteiger partial charge in [-0.3, -0.25) is 0 Å². The number of hydrogen-bond donors (Lipinski definition) is 1. The Balaban J connectivity index is 2.15. The number of benzene rings is 2. The molecule has 2 rings (SSSR count). The van der Waals surface area contributed by atoms with E-state index in [1.165, 1.54) is 6.92 Å². The smallest absolute Gasteiger partial charge is 0.322 e. The Morgan fingerprint density at radius 3 is 2.31 bits per heavy atom. The van der Waals surface area contributed by atoms with Crippen LogP contribution in [0.4, 0.5) is 10.5 Å². The first-order valence-corrected chi connectivity index (χ1v) is 11.4. The molecule has 0 bridgehead atoms. The molecule has 0 unspecified atom stereocenters. The third kappa shape index (κ3) is 6.49. The van der Waals surface area contributed by atoms with Crippen LogP contribution >= 0.6 is 0 Å². The van der Waals surface area contributed by atoms with Crippen LogP contribution in [-0.4, -0.2) is 31.1 Å². The molecule has 0 radical (unpaired) electrons. The van der Waals surface area contributed by atoms with Crippen molar-refractivity contribution < 1.29 is 17.4 Å². The molecule has 0 saturated carbocycles. The Morgan fingerprint density at radius 2 is 1.76 bits per heavy atom. The first-order valence-electron chi connectivity index (χ1n) is 9.81. The predicted octanol–water partition coefficient (Wildman–Crippen LogP) is 4.86. The highest BCUT2D eigenvalue weighted by atomic mass is 32.2. The number of carbonyl (C=O) groups is 1. The maximum absolute atomic E-state index is 13.0. The molecule has 0 spiro atoms. The standard InChI is InChI=1S/C22H30N2O4S/c1-6-18(5)24(22(25)23-21-13-8-16(3)14-17(21)4)15-19-9-11-20(12-10-19)28-29(26,27)7-2/h8-14,18H,6-7,15H2,1-5H3,(H,23,25)/t18-/m1/s1. The molecule has 0 aromatic heterocycles. The molecule has 2 aromatic carbocycles. The van der Waals surface area contributed by atoms with Crippen LogP contribution in [0.5, 0.6) is 5.75 Å². The topological polar surface area (TPSA) is 75.7 Å². The number of aryl methyl sites for hydroxylation is 2. The lowest BCUT2D eigenvalue weighted by atomic mass is 10.1. The van der Waals surface area contributed by atoms with Crippen molar-refractivity contribution in [3.05, 3.63) is 59.2 Å². The summed E-state index contributed by atoms with van der Waals surface area (Å²) in [5.41, 5.74) is 3.84. The number of urea groups is 1. The lowest BCUT2D eigenvalue weighted by Crippen LogP contribution is -2.40. The number of rotatable bonds is 8. The number of hydrogen-bond acceptors (Lipinski definition) is 4. The van der Waals surface area contributed by atoms with Gasteiger partial charge in [0.15, 0.2) is 0 Å². The summed E-state index contributed by atoms with van der Waals surface area (Å²) in [6, 6.07) is 12.6. The number of carbonyl (C=O) groups excluding carboxylic acids is 1. The van der Waals surface area contributed by atoms with Gasteiger partial charge in [-0.1, -0.05) is 36.8 Å². The summed E-state index contributed by atoms with van der Waals surface area (Å²) in [5, 5.41) is 3.01. The van der Waals surface area contributed by atoms with Crippen molar-refractivity contribution in [2.45, 2.75) is 53.6 Å². The van der Waals surface area contributed by atoms with Crippen LogP contribution in [0.3, 0.4) is 0 Å². The van der Waals surface area contributed by atoms with Gasteiger partial charge in [0.25, 0.3) is 0 Å². The highest BCUT2D eigenvalue weighted by molar-refractivity contribution is 7.87. The minimum Gasteiger partial charge on any atom is -0.382 e. The quantitative estimate of drug-likeness (QED) is 0.621. The zero-order valence-electron chi connectivity index (χ0n) is 17.7. The van der Waals surface area contributed by atoms with Crippen LogP contribution < -0.4 is 9.50 Å². The summed E-state index contributed by atoms with van der Waals surface area (Å²) in [7, 11) is -3.56. The van der Waals surface area contributed by atoms with Crippen molar-refractivity contribution in [2.24, 2.45) is 0 Å². The molecule has 0 fully saturated rings. The van der Waals surface area contributed by atoms with Crippen molar-refractivity contribution in [3.8, 4) is 5.75 Å². The van der Waals surface area contributed by atoms with Gasteiger partial charge in [-0.05, 0) is 63.4 Å². The van der Waals surface area contributed by atoms with Gasteiger partial charge in [0, 0.05) is 18.3 Å². The van der Waals surface area contributed by atoms with Gasteiger partial charge < -0.3 is 14.4 Å². The fourth-order valence-electron chi connectivity index (χ4n) is 2.84. The maximum atomic E-state index is 13.0. The SMILES string of the molecule is CC[C@@H](C)N(Cc1ccc(OS(=O)(=O)CC)cc1)C(=O)Nc1ccc(C)cc1C. The van der Waals surface area contributed by atoms with Crippen molar-refractivity contribution >= 4 is 21.8 Å². The highest BCUT2D eigenvalue weighted by Gasteiger charge is 2.20. The highest BCUT2D eigenvalue weighted by Crippen LogP contribution is 2.20. The van der Waals surface area contributed by atoms with Crippen LogP contribution in [0.15, 0.2) is 42.5 Å². The molecule has 29 heavy (non-hydrogen) atoms. The lowest BCUT2D eigenvalue weighted by Gasteiger charge is -2.29. The monoisotopic (exact) mass is 418 g/mol. The average molecular weight is 419 g/mol. The van der Waals surface area contributed by atoms with Crippen molar-refractivity contribution in [2.75, 3.05) is 11.1 Å². The Bertz CT molecular complexity index is 940. The van der Waals surface area contributed by atoms with E-state index in [1.807, 2.05) is 45.9 Å². The predicted molar refractivity (Wildman–Crippen MR) is 117 cm³/mol. The first-order chi connectivity index (χ1) is 13.6. The first kappa shape index (κ1) is 22.7. The van der Waals surface area contributed by atoms with Crippen molar-refractivity contribution in [3.63, 3.8) is 0 Å². The second-order valence-corrected chi connectivity index (χ2v) is 9.07. The summed E-state index contributed by atoms with van der Waals surface area (Å²) < 4.78 is 28.2. The van der Waals surface area contributed by atoms with E-state index in [4.69, 9.17) is 4.18 Å². The summed E-state index contributed by atoms with van der Waals surface area (Å²) in [5.74, 6) is 0.181. The van der Waals surface area contributed by atoms with E-state index in [0.717, 1.165) is 28.8 Å². The molecule has 0 aliphatic carbocycles. The van der Waals surface area contributed by atoms with Gasteiger partial charge in [0.2, 0.25) is 0 Å². The van der Waals surface area contributed by atoms with Crippen LogP contribution in [0.1, 0.15) is 43.9 Å². The molecule has 0 saturated heterocycles. The van der Waals surface area contributed by atoms with Crippen LogP contribution in [0, 0.1) is 13.8 Å². The molecule has 2 aromatic rings. The normalized spacial score (nSPS) is 12.3. The molecule has 7 heteroatoms. The third-order valence-corrected chi connectivity index (χ3v) is 6.01. The second kappa shape index (κ2) is 9.78. The van der Waals surface area contributed by atoms with E-state index < -0.39 is 10.1 Å². The Hall–Kier alpha value is -2.54. The molecule has 0 aliphatic heterocycles. The third-order valence-electron chi connectivity index (χ3n) is 4.86. The minimum atomic E-state index is -3.56. The molecular weight excluding hydrogens is 388 g/mol. The Labute approximate surface area is 174 Å². The van der Waals surface area contributed by atoms with Crippen LogP contribution in [0.25, 0.3) is 0 Å². The molecule has 2 amide bonds. The van der Waals surface area contributed by atoms with E-state index in [9.17, 15) is 13.2 Å². The van der Waals surface area contributed by atoms with Gasteiger partial charge in [-0.2, -0.15) is 8.42 Å². The van der Waals surface area contributed by atoms with E-state index in [0.29, 0.717) is 6.54 Å². The van der Waals surface area contributed by atoms with Crippen molar-refractivity contribution in [1.82, 2.24) is 4.90 Å². The number of anilines is 1. The van der Waals surface area contributed by atoms with Gasteiger partial charge in [-0.25, -0.2) is 4.79 Å². The van der Waals surface area contributed by atoms with Gasteiger partial charge in [0.05, 0.1) is 5.75 Å². The number of nitrogens with zero attached hydrogens (tertiary/aromatic N) is 1. The zero-order chi connectivity index (χ0) is 21.6. The van der Waals surface area contributed by atoms with E-state index in [-0.39, 0.29) is 23.6 Å². The average Bonchev–Trinajstić information content (AvgIpc) is 2.68. The lowest BCUT2D eigenvalue weighted by molar-refractivity contribution is 0.187.